The lowest BCUT2D eigenvalue weighted by molar-refractivity contribution is -0.140. The Bertz CT molecular complexity index is 310. The van der Waals surface area contributed by atoms with Gasteiger partial charge in [-0.2, -0.15) is 4.31 Å². The van der Waals surface area contributed by atoms with E-state index in [0.29, 0.717) is 6.42 Å². The highest BCUT2D eigenvalue weighted by Crippen LogP contribution is 2.09. The number of likely N-dealkylation sites (N-methyl/N-ethyl adjacent to an activating group) is 1. The molecule has 0 rings (SSSR count). The van der Waals surface area contributed by atoms with Crippen molar-refractivity contribution in [3.05, 3.63) is 0 Å². The first-order valence-corrected chi connectivity index (χ1v) is 6.48. The zero-order valence-electron chi connectivity index (χ0n) is 9.60. The number of rotatable bonds is 6. The summed E-state index contributed by atoms with van der Waals surface area (Å²) in [5.41, 5.74) is 0. The van der Waals surface area contributed by atoms with Crippen molar-refractivity contribution in [3.63, 3.8) is 0 Å². The highest BCUT2D eigenvalue weighted by Gasteiger charge is 2.27. The maximum absolute atomic E-state index is 11.6. The Morgan fingerprint density at radius 3 is 2.13 bits per heavy atom. The van der Waals surface area contributed by atoms with Crippen LogP contribution in [0.5, 0.6) is 0 Å². The molecule has 0 aromatic rings. The molecule has 1 N–H and O–H groups in total. The molecule has 90 valence electrons. The van der Waals surface area contributed by atoms with E-state index in [1.165, 1.54) is 14.0 Å². The number of sulfonamides is 1. The van der Waals surface area contributed by atoms with Crippen LogP contribution in [0, 0.1) is 5.92 Å². The number of carboxylic acids is 1. The molecule has 1 unspecified atom stereocenters. The third kappa shape index (κ3) is 4.61. The van der Waals surface area contributed by atoms with Gasteiger partial charge in [0.1, 0.15) is 6.04 Å². The second kappa shape index (κ2) is 5.46. The van der Waals surface area contributed by atoms with Crippen LogP contribution in [0.3, 0.4) is 0 Å². The number of carbonyl (C=O) groups is 1. The van der Waals surface area contributed by atoms with E-state index in [9.17, 15) is 13.2 Å². The number of hydrogen-bond acceptors (Lipinski definition) is 3. The smallest absolute Gasteiger partial charge is 0.321 e. The Morgan fingerprint density at radius 2 is 1.80 bits per heavy atom. The van der Waals surface area contributed by atoms with Crippen LogP contribution in [-0.4, -0.2) is 42.6 Å². The maximum atomic E-state index is 11.6. The van der Waals surface area contributed by atoms with Gasteiger partial charge in [0.15, 0.2) is 0 Å². The summed E-state index contributed by atoms with van der Waals surface area (Å²) < 4.78 is 24.2. The van der Waals surface area contributed by atoms with Crippen molar-refractivity contribution in [2.45, 2.75) is 33.2 Å². The number of carboxylic acid groups (broad SMARTS) is 1. The van der Waals surface area contributed by atoms with Crippen LogP contribution in [0.1, 0.15) is 27.2 Å². The lowest BCUT2D eigenvalue weighted by atomic mass is 10.2. The SMILES string of the molecule is CC(C)CCS(=O)(=O)N(C)C(C)C(=O)O. The van der Waals surface area contributed by atoms with Crippen LogP contribution in [0.15, 0.2) is 0 Å². The summed E-state index contributed by atoms with van der Waals surface area (Å²) >= 11 is 0. The summed E-state index contributed by atoms with van der Waals surface area (Å²) in [6, 6.07) is -1.01. The molecule has 0 heterocycles. The lowest BCUT2D eigenvalue weighted by Crippen LogP contribution is -2.41. The van der Waals surface area contributed by atoms with Gasteiger partial charge in [-0.3, -0.25) is 4.79 Å². The van der Waals surface area contributed by atoms with Gasteiger partial charge in [0.2, 0.25) is 10.0 Å². The standard InChI is InChI=1S/C9H19NO4S/c1-7(2)5-6-15(13,14)10(4)8(3)9(11)12/h7-8H,5-6H2,1-4H3,(H,11,12). The van der Waals surface area contributed by atoms with Gasteiger partial charge in [0.05, 0.1) is 5.75 Å². The monoisotopic (exact) mass is 237 g/mol. The van der Waals surface area contributed by atoms with Crippen LogP contribution in [-0.2, 0) is 14.8 Å². The first-order valence-electron chi connectivity index (χ1n) is 4.87. The van der Waals surface area contributed by atoms with Crippen LogP contribution in [0.25, 0.3) is 0 Å². The second-order valence-corrected chi connectivity index (χ2v) is 6.18. The first-order chi connectivity index (χ1) is 6.68. The highest BCUT2D eigenvalue weighted by atomic mass is 32.2. The molecular formula is C9H19NO4S. The summed E-state index contributed by atoms with van der Waals surface area (Å²) in [6.07, 6.45) is 0.541. The molecule has 0 radical (unpaired) electrons. The summed E-state index contributed by atoms with van der Waals surface area (Å²) in [4.78, 5) is 10.6. The lowest BCUT2D eigenvalue weighted by Gasteiger charge is -2.21. The summed E-state index contributed by atoms with van der Waals surface area (Å²) in [5.74, 6) is -0.849. The predicted molar refractivity (Wildman–Crippen MR) is 58.1 cm³/mol. The predicted octanol–water partition coefficient (Wildman–Crippen LogP) is 0.767. The minimum Gasteiger partial charge on any atom is -0.480 e. The van der Waals surface area contributed by atoms with Gasteiger partial charge in [-0.15, -0.1) is 0 Å². The van der Waals surface area contributed by atoms with E-state index in [2.05, 4.69) is 0 Å². The molecule has 0 saturated carbocycles. The summed E-state index contributed by atoms with van der Waals surface area (Å²) in [7, 11) is -2.15. The summed E-state index contributed by atoms with van der Waals surface area (Å²) in [6.45, 7) is 5.21. The van der Waals surface area contributed by atoms with Gasteiger partial charge >= 0.3 is 5.97 Å². The molecule has 0 aromatic heterocycles. The molecule has 0 aliphatic carbocycles. The largest absolute Gasteiger partial charge is 0.480 e. The molecule has 6 heteroatoms. The van der Waals surface area contributed by atoms with E-state index < -0.39 is 22.0 Å². The van der Waals surface area contributed by atoms with Gasteiger partial charge in [0.25, 0.3) is 0 Å². The molecule has 1 atom stereocenters. The highest BCUT2D eigenvalue weighted by molar-refractivity contribution is 7.89. The van der Waals surface area contributed by atoms with Gasteiger partial charge in [-0.1, -0.05) is 13.8 Å². The minimum absolute atomic E-state index is 0.00120. The third-order valence-electron chi connectivity index (χ3n) is 2.29. The van der Waals surface area contributed by atoms with Crippen molar-refractivity contribution in [1.82, 2.24) is 4.31 Å². The molecule has 0 fully saturated rings. The molecule has 0 aliphatic heterocycles. The fraction of sp³-hybridized carbons (Fsp3) is 0.889. The van der Waals surface area contributed by atoms with Crippen molar-refractivity contribution in [2.75, 3.05) is 12.8 Å². The topological polar surface area (TPSA) is 74.7 Å². The average molecular weight is 237 g/mol. The zero-order chi connectivity index (χ0) is 12.2. The fourth-order valence-electron chi connectivity index (χ4n) is 0.925. The second-order valence-electron chi connectivity index (χ2n) is 4.03. The third-order valence-corrected chi connectivity index (χ3v) is 4.24. The molecule has 5 nitrogen and oxygen atoms in total. The average Bonchev–Trinajstić information content (AvgIpc) is 2.12. The Kier molecular flexibility index (Phi) is 5.23. The van der Waals surface area contributed by atoms with Crippen LogP contribution < -0.4 is 0 Å². The van der Waals surface area contributed by atoms with Crippen molar-refractivity contribution in [3.8, 4) is 0 Å². The molecular weight excluding hydrogens is 218 g/mol. The minimum atomic E-state index is -3.45. The number of hydrogen-bond donors (Lipinski definition) is 1. The van der Waals surface area contributed by atoms with Crippen LogP contribution in [0.4, 0.5) is 0 Å². The van der Waals surface area contributed by atoms with E-state index in [-0.39, 0.29) is 11.7 Å². The van der Waals surface area contributed by atoms with E-state index in [0.717, 1.165) is 4.31 Å². The van der Waals surface area contributed by atoms with Crippen molar-refractivity contribution >= 4 is 16.0 Å². The normalized spacial score (nSPS) is 14.5. The van der Waals surface area contributed by atoms with Crippen molar-refractivity contribution in [2.24, 2.45) is 5.92 Å². The Morgan fingerprint density at radius 1 is 1.33 bits per heavy atom. The molecule has 0 saturated heterocycles. The molecule has 0 amide bonds. The molecule has 0 bridgehead atoms. The van der Waals surface area contributed by atoms with Crippen LogP contribution in [0.2, 0.25) is 0 Å². The maximum Gasteiger partial charge on any atom is 0.321 e. The number of aliphatic carboxylic acids is 1. The Balaban J connectivity index is 4.52. The van der Waals surface area contributed by atoms with E-state index in [1.807, 2.05) is 13.8 Å². The van der Waals surface area contributed by atoms with Gasteiger partial charge in [-0.05, 0) is 19.3 Å². The zero-order valence-corrected chi connectivity index (χ0v) is 10.4. The van der Waals surface area contributed by atoms with Crippen LogP contribution >= 0.6 is 0 Å². The fourth-order valence-corrected chi connectivity index (χ4v) is 2.55. The van der Waals surface area contributed by atoms with Gasteiger partial charge in [-0.25, -0.2) is 8.42 Å². The number of nitrogens with zero attached hydrogens (tertiary/aromatic N) is 1. The quantitative estimate of drug-likeness (QED) is 0.740. The first kappa shape index (κ1) is 14.4. The van der Waals surface area contributed by atoms with Gasteiger partial charge in [0, 0.05) is 7.05 Å². The Hall–Kier alpha value is -0.620. The Labute approximate surface area is 91.1 Å². The van der Waals surface area contributed by atoms with Crippen molar-refractivity contribution < 1.29 is 18.3 Å². The van der Waals surface area contributed by atoms with Gasteiger partial charge < -0.3 is 5.11 Å². The van der Waals surface area contributed by atoms with E-state index >= 15 is 0 Å². The molecule has 0 aliphatic rings. The molecule has 15 heavy (non-hydrogen) atoms. The van der Waals surface area contributed by atoms with E-state index in [1.54, 1.807) is 0 Å². The van der Waals surface area contributed by atoms with Crippen molar-refractivity contribution in [1.29, 1.82) is 0 Å². The van der Waals surface area contributed by atoms with E-state index in [4.69, 9.17) is 5.11 Å². The molecule has 0 aromatic carbocycles. The molecule has 0 spiro atoms. The summed E-state index contributed by atoms with van der Waals surface area (Å²) in [5, 5.41) is 8.69.